The molecule has 1 aromatic rings. The van der Waals surface area contributed by atoms with Gasteiger partial charge in [-0.05, 0) is 30.2 Å². The summed E-state index contributed by atoms with van der Waals surface area (Å²) in [6.07, 6.45) is 4.88. The van der Waals surface area contributed by atoms with Crippen LogP contribution in [0.3, 0.4) is 0 Å². The van der Waals surface area contributed by atoms with Crippen molar-refractivity contribution in [2.45, 2.75) is 18.7 Å². The fourth-order valence-corrected chi connectivity index (χ4v) is 1.67. The van der Waals surface area contributed by atoms with Gasteiger partial charge in [-0.15, -0.1) is 13.2 Å². The summed E-state index contributed by atoms with van der Waals surface area (Å²) in [5, 5.41) is 0. The number of hydrogen-bond acceptors (Lipinski definition) is 1. The van der Waals surface area contributed by atoms with Gasteiger partial charge in [-0.2, -0.15) is 0 Å². The number of halogens is 3. The van der Waals surface area contributed by atoms with E-state index in [1.807, 2.05) is 18.2 Å². The van der Waals surface area contributed by atoms with Crippen LogP contribution >= 0.6 is 0 Å². The molecule has 1 aromatic carbocycles. The van der Waals surface area contributed by atoms with Crippen LogP contribution < -0.4 is 4.74 Å². The molecule has 1 atom stereocenters. The van der Waals surface area contributed by atoms with Gasteiger partial charge in [0.25, 0.3) is 0 Å². The first-order chi connectivity index (χ1) is 8.04. The van der Waals surface area contributed by atoms with Gasteiger partial charge in [0.05, 0.1) is 0 Å². The Morgan fingerprint density at radius 1 is 1.18 bits per heavy atom. The van der Waals surface area contributed by atoms with Gasteiger partial charge in [0.1, 0.15) is 5.75 Å². The topological polar surface area (TPSA) is 9.23 Å². The molecule has 0 spiro atoms. The van der Waals surface area contributed by atoms with Crippen LogP contribution in [0.2, 0.25) is 0 Å². The van der Waals surface area contributed by atoms with E-state index < -0.39 is 6.36 Å². The first-order valence-electron chi connectivity index (χ1n) is 5.15. The van der Waals surface area contributed by atoms with Gasteiger partial charge in [0, 0.05) is 5.92 Å². The lowest BCUT2D eigenvalue weighted by atomic mass is 9.93. The van der Waals surface area contributed by atoms with Gasteiger partial charge in [-0.3, -0.25) is 0 Å². The maximum Gasteiger partial charge on any atom is 0.573 e. The number of alkyl halides is 3. The second-order valence-electron chi connectivity index (χ2n) is 3.69. The van der Waals surface area contributed by atoms with Crippen LogP contribution in [0.15, 0.2) is 42.5 Å². The van der Waals surface area contributed by atoms with Gasteiger partial charge in [0.15, 0.2) is 0 Å². The molecular formula is C13H10F3O. The number of hydrogen-bond donors (Lipinski definition) is 0. The quantitative estimate of drug-likeness (QED) is 0.758. The van der Waals surface area contributed by atoms with Crippen LogP contribution in [-0.2, 0) is 0 Å². The summed E-state index contributed by atoms with van der Waals surface area (Å²) in [7, 11) is 0. The summed E-state index contributed by atoms with van der Waals surface area (Å²) >= 11 is 0. The van der Waals surface area contributed by atoms with Crippen LogP contribution in [0.25, 0.3) is 0 Å². The molecule has 0 aliphatic heterocycles. The molecular weight excluding hydrogens is 229 g/mol. The predicted molar refractivity (Wildman–Crippen MR) is 57.4 cm³/mol. The Morgan fingerprint density at radius 2 is 1.88 bits per heavy atom. The van der Waals surface area contributed by atoms with Crippen molar-refractivity contribution in [3.05, 3.63) is 54.1 Å². The predicted octanol–water partition coefficient (Wildman–Crippen LogP) is 3.99. The van der Waals surface area contributed by atoms with E-state index in [1.165, 1.54) is 12.1 Å². The molecule has 0 heterocycles. The average molecular weight is 239 g/mol. The molecule has 2 rings (SSSR count). The number of allylic oxidation sites excluding steroid dienone is 4. The average Bonchev–Trinajstić information content (AvgIpc) is 2.29. The Bertz CT molecular complexity index is 429. The standard InChI is InChI=1S/C13H10F3O/c14-13(15,16)17-12-8-6-11(7-9-12)10-4-2-1-3-5-10/h1-2,5-10H,4H2. The molecule has 1 aliphatic rings. The Morgan fingerprint density at radius 3 is 2.41 bits per heavy atom. The molecule has 89 valence electrons. The molecule has 0 N–H and O–H groups in total. The fraction of sp³-hybridized carbons (Fsp3) is 0.231. The van der Waals surface area contributed by atoms with Crippen LogP contribution in [0, 0.1) is 6.08 Å². The molecule has 1 aliphatic carbocycles. The molecule has 1 nitrogen and oxygen atoms in total. The van der Waals surface area contributed by atoms with E-state index in [0.717, 1.165) is 12.0 Å². The largest absolute Gasteiger partial charge is 0.573 e. The lowest BCUT2D eigenvalue weighted by Crippen LogP contribution is -2.17. The summed E-state index contributed by atoms with van der Waals surface area (Å²) in [6.45, 7) is 0. The third-order valence-corrected chi connectivity index (χ3v) is 2.44. The molecule has 0 amide bonds. The second-order valence-corrected chi connectivity index (χ2v) is 3.69. The second kappa shape index (κ2) is 4.65. The van der Waals surface area contributed by atoms with Gasteiger partial charge in [-0.1, -0.05) is 30.4 Å². The minimum Gasteiger partial charge on any atom is -0.406 e. The van der Waals surface area contributed by atoms with Crippen molar-refractivity contribution in [2.24, 2.45) is 0 Å². The Balaban J connectivity index is 2.08. The highest BCUT2D eigenvalue weighted by Gasteiger charge is 2.31. The van der Waals surface area contributed by atoms with Crippen LogP contribution in [-0.4, -0.2) is 6.36 Å². The van der Waals surface area contributed by atoms with Gasteiger partial charge >= 0.3 is 6.36 Å². The first kappa shape index (κ1) is 11.8. The SMILES string of the molecule is FC(F)(F)Oc1ccc(C2C=[C]C=CC2)cc1. The van der Waals surface area contributed by atoms with E-state index >= 15 is 0 Å². The molecule has 1 unspecified atom stereocenters. The highest BCUT2D eigenvalue weighted by atomic mass is 19.4. The van der Waals surface area contributed by atoms with Crippen LogP contribution in [0.4, 0.5) is 13.2 Å². The van der Waals surface area contributed by atoms with E-state index in [2.05, 4.69) is 10.8 Å². The van der Waals surface area contributed by atoms with Crippen molar-refractivity contribution < 1.29 is 17.9 Å². The molecule has 17 heavy (non-hydrogen) atoms. The minimum absolute atomic E-state index is 0.180. The van der Waals surface area contributed by atoms with Crippen molar-refractivity contribution in [1.82, 2.24) is 0 Å². The third kappa shape index (κ3) is 3.37. The summed E-state index contributed by atoms with van der Waals surface area (Å²) in [4.78, 5) is 0. The fourth-order valence-electron chi connectivity index (χ4n) is 1.67. The normalized spacial score (nSPS) is 19.4. The molecule has 0 fully saturated rings. The Hall–Kier alpha value is -1.71. The zero-order valence-corrected chi connectivity index (χ0v) is 8.87. The zero-order chi connectivity index (χ0) is 12.3. The molecule has 1 radical (unpaired) electrons. The molecule has 0 saturated heterocycles. The van der Waals surface area contributed by atoms with E-state index in [4.69, 9.17) is 0 Å². The maximum absolute atomic E-state index is 11.9. The van der Waals surface area contributed by atoms with Crippen molar-refractivity contribution in [2.75, 3.05) is 0 Å². The molecule has 4 heteroatoms. The van der Waals surface area contributed by atoms with E-state index in [0.29, 0.717) is 0 Å². The molecule has 0 bridgehead atoms. The summed E-state index contributed by atoms with van der Waals surface area (Å²) < 4.78 is 39.7. The maximum atomic E-state index is 11.9. The number of rotatable bonds is 2. The smallest absolute Gasteiger partial charge is 0.406 e. The van der Waals surface area contributed by atoms with Crippen LogP contribution in [0.1, 0.15) is 17.9 Å². The highest BCUT2D eigenvalue weighted by Crippen LogP contribution is 2.28. The van der Waals surface area contributed by atoms with Gasteiger partial charge < -0.3 is 4.74 Å². The lowest BCUT2D eigenvalue weighted by Gasteiger charge is -2.14. The van der Waals surface area contributed by atoms with Crippen molar-refractivity contribution in [3.63, 3.8) is 0 Å². The number of benzene rings is 1. The minimum atomic E-state index is -4.64. The van der Waals surface area contributed by atoms with E-state index in [9.17, 15) is 13.2 Å². The highest BCUT2D eigenvalue weighted by molar-refractivity contribution is 5.33. The Kier molecular flexibility index (Phi) is 3.22. The van der Waals surface area contributed by atoms with Gasteiger partial charge in [-0.25, -0.2) is 0 Å². The van der Waals surface area contributed by atoms with E-state index in [-0.39, 0.29) is 11.7 Å². The Labute approximate surface area is 97.2 Å². The third-order valence-electron chi connectivity index (χ3n) is 2.44. The van der Waals surface area contributed by atoms with Gasteiger partial charge in [0.2, 0.25) is 0 Å². The zero-order valence-electron chi connectivity index (χ0n) is 8.87. The molecule has 0 saturated carbocycles. The monoisotopic (exact) mass is 239 g/mol. The van der Waals surface area contributed by atoms with Crippen LogP contribution in [0.5, 0.6) is 5.75 Å². The summed E-state index contributed by atoms with van der Waals surface area (Å²) in [5.41, 5.74) is 0.955. The summed E-state index contributed by atoms with van der Waals surface area (Å²) in [6, 6.07) is 5.94. The van der Waals surface area contributed by atoms with Crippen molar-refractivity contribution in [3.8, 4) is 5.75 Å². The van der Waals surface area contributed by atoms with E-state index in [1.54, 1.807) is 12.1 Å². The number of ether oxygens (including phenoxy) is 1. The molecule has 0 aromatic heterocycles. The first-order valence-corrected chi connectivity index (χ1v) is 5.15. The summed E-state index contributed by atoms with van der Waals surface area (Å²) in [5.74, 6) is -0.0134. The van der Waals surface area contributed by atoms with Crippen molar-refractivity contribution in [1.29, 1.82) is 0 Å². The van der Waals surface area contributed by atoms with Crippen molar-refractivity contribution >= 4 is 0 Å². The lowest BCUT2D eigenvalue weighted by molar-refractivity contribution is -0.274.